The lowest BCUT2D eigenvalue weighted by Crippen LogP contribution is -2.05. The van der Waals surface area contributed by atoms with Crippen LogP contribution in [0.25, 0.3) is 27.5 Å². The monoisotopic (exact) mass is 410 g/mol. The molecular weight excluding hydrogens is 395 g/mol. The van der Waals surface area contributed by atoms with Crippen molar-refractivity contribution in [1.82, 2.24) is 9.38 Å². The van der Waals surface area contributed by atoms with Crippen molar-refractivity contribution in [2.75, 3.05) is 6.79 Å². The van der Waals surface area contributed by atoms with Crippen molar-refractivity contribution in [3.8, 4) is 34.0 Å². The first-order valence-corrected chi connectivity index (χ1v) is 9.71. The van der Waals surface area contributed by atoms with E-state index in [4.69, 9.17) is 14.5 Å². The number of aliphatic carboxylic acids is 1. The highest BCUT2D eigenvalue weighted by molar-refractivity contribution is 7.17. The van der Waals surface area contributed by atoms with Crippen molar-refractivity contribution in [3.63, 3.8) is 0 Å². The van der Waals surface area contributed by atoms with E-state index in [1.807, 2.05) is 23.5 Å². The lowest BCUT2D eigenvalue weighted by molar-refractivity contribution is -0.136. The molecule has 4 aromatic rings. The number of rotatable bonds is 4. The zero-order valence-corrected chi connectivity index (χ0v) is 16.1. The van der Waals surface area contributed by atoms with Crippen LogP contribution in [0.3, 0.4) is 0 Å². The number of fused-ring (bicyclic) bond motifs is 2. The zero-order chi connectivity index (χ0) is 20.1. The van der Waals surface area contributed by atoms with E-state index in [1.54, 1.807) is 18.2 Å². The third kappa shape index (κ3) is 2.92. The van der Waals surface area contributed by atoms with Gasteiger partial charge >= 0.3 is 5.97 Å². The van der Waals surface area contributed by atoms with E-state index in [0.29, 0.717) is 27.8 Å². The van der Waals surface area contributed by atoms with Gasteiger partial charge in [-0.1, -0.05) is 0 Å². The van der Waals surface area contributed by atoms with Gasteiger partial charge in [0.05, 0.1) is 23.5 Å². The molecule has 6 nitrogen and oxygen atoms in total. The third-order valence-electron chi connectivity index (χ3n) is 4.83. The quantitative estimate of drug-likeness (QED) is 0.535. The predicted molar refractivity (Wildman–Crippen MR) is 106 cm³/mol. The Morgan fingerprint density at radius 1 is 1.17 bits per heavy atom. The first-order chi connectivity index (χ1) is 14.0. The molecule has 1 aliphatic heterocycles. The summed E-state index contributed by atoms with van der Waals surface area (Å²) in [7, 11) is 0. The van der Waals surface area contributed by atoms with Gasteiger partial charge in [0.1, 0.15) is 5.82 Å². The van der Waals surface area contributed by atoms with Crippen LogP contribution >= 0.6 is 11.3 Å². The second kappa shape index (κ2) is 6.59. The number of carbonyl (C=O) groups is 1. The Bertz CT molecular complexity index is 1260. The molecule has 8 heteroatoms. The molecule has 0 atom stereocenters. The number of ether oxygens (including phenoxy) is 2. The molecule has 0 bridgehead atoms. The number of thiazole rings is 1. The topological polar surface area (TPSA) is 73.1 Å². The van der Waals surface area contributed by atoms with Gasteiger partial charge in [-0.2, -0.15) is 0 Å². The summed E-state index contributed by atoms with van der Waals surface area (Å²) in [5, 5.41) is 9.54. The van der Waals surface area contributed by atoms with E-state index in [0.717, 1.165) is 21.7 Å². The normalized spacial score (nSPS) is 12.6. The number of aryl methyl sites for hydroxylation is 1. The Morgan fingerprint density at radius 2 is 1.90 bits per heavy atom. The minimum atomic E-state index is -0.956. The van der Waals surface area contributed by atoms with E-state index in [1.165, 1.54) is 23.5 Å². The smallest absolute Gasteiger partial charge is 0.309 e. The molecule has 0 unspecified atom stereocenters. The number of nitrogens with zero attached hydrogens (tertiary/aromatic N) is 2. The summed E-state index contributed by atoms with van der Waals surface area (Å²) >= 11 is 1.47. The van der Waals surface area contributed by atoms with Crippen molar-refractivity contribution in [2.24, 2.45) is 0 Å². The van der Waals surface area contributed by atoms with Crippen LogP contribution < -0.4 is 9.47 Å². The molecule has 0 spiro atoms. The summed E-state index contributed by atoms with van der Waals surface area (Å²) in [6.45, 7) is 2.11. The first-order valence-electron chi connectivity index (χ1n) is 8.90. The number of halogens is 1. The van der Waals surface area contributed by atoms with Gasteiger partial charge in [-0.25, -0.2) is 9.37 Å². The van der Waals surface area contributed by atoms with Gasteiger partial charge in [0.15, 0.2) is 16.5 Å². The molecule has 0 saturated carbocycles. The summed E-state index contributed by atoms with van der Waals surface area (Å²) in [6, 6.07) is 11.6. The Kier molecular flexibility index (Phi) is 4.02. The third-order valence-corrected chi connectivity index (χ3v) is 5.78. The van der Waals surface area contributed by atoms with E-state index in [2.05, 4.69) is 0 Å². The standard InChI is InChI=1S/C21H15FN2O4S/c1-11-20(12-2-5-14(22)6-3-12)24-15(9-18(25)26)19(23-21(24)29-11)13-4-7-16-17(8-13)28-10-27-16/h2-8H,9-10H2,1H3,(H,25,26). The van der Waals surface area contributed by atoms with Crippen LogP contribution in [0.5, 0.6) is 11.5 Å². The highest BCUT2D eigenvalue weighted by Crippen LogP contribution is 2.40. The molecule has 0 fully saturated rings. The van der Waals surface area contributed by atoms with Gasteiger partial charge in [-0.15, -0.1) is 11.3 Å². The Morgan fingerprint density at radius 3 is 2.66 bits per heavy atom. The maximum absolute atomic E-state index is 13.4. The van der Waals surface area contributed by atoms with Crippen molar-refractivity contribution in [1.29, 1.82) is 0 Å². The number of carboxylic acids is 1. The van der Waals surface area contributed by atoms with Gasteiger partial charge in [0.2, 0.25) is 6.79 Å². The highest BCUT2D eigenvalue weighted by Gasteiger charge is 2.24. The fourth-order valence-corrected chi connectivity index (χ4v) is 4.60. The fraction of sp³-hybridized carbons (Fsp3) is 0.143. The summed E-state index contributed by atoms with van der Waals surface area (Å²) in [5.41, 5.74) is 3.52. The molecule has 2 aromatic carbocycles. The molecule has 0 radical (unpaired) electrons. The van der Waals surface area contributed by atoms with Gasteiger partial charge in [0.25, 0.3) is 0 Å². The molecule has 2 aromatic heterocycles. The van der Waals surface area contributed by atoms with Crippen LogP contribution in [0.1, 0.15) is 10.6 Å². The number of benzene rings is 2. The lowest BCUT2D eigenvalue weighted by atomic mass is 10.1. The summed E-state index contributed by atoms with van der Waals surface area (Å²) in [4.78, 5) is 18.0. The maximum atomic E-state index is 13.4. The van der Waals surface area contributed by atoms with Crippen LogP contribution in [0.4, 0.5) is 4.39 Å². The molecular formula is C21H15FN2O4S. The van der Waals surface area contributed by atoms with Crippen LogP contribution in [-0.2, 0) is 11.2 Å². The summed E-state index contributed by atoms with van der Waals surface area (Å²) < 4.78 is 26.1. The second-order valence-electron chi connectivity index (χ2n) is 6.68. The van der Waals surface area contributed by atoms with Crippen LogP contribution in [0.15, 0.2) is 42.5 Å². The molecule has 1 aliphatic rings. The Hall–Kier alpha value is -3.39. The minimum Gasteiger partial charge on any atom is -0.481 e. The van der Waals surface area contributed by atoms with Gasteiger partial charge in [0, 0.05) is 10.4 Å². The molecule has 146 valence electrons. The molecule has 0 amide bonds. The number of imidazole rings is 1. The van der Waals surface area contributed by atoms with Crippen LogP contribution in [0.2, 0.25) is 0 Å². The largest absolute Gasteiger partial charge is 0.481 e. The number of hydrogen-bond acceptors (Lipinski definition) is 5. The predicted octanol–water partition coefficient (Wildman–Crippen LogP) is 4.53. The highest BCUT2D eigenvalue weighted by atomic mass is 32.1. The number of aromatic nitrogens is 2. The minimum absolute atomic E-state index is 0.160. The van der Waals surface area contributed by atoms with Crippen LogP contribution in [-0.4, -0.2) is 27.3 Å². The first kappa shape index (κ1) is 17.7. The summed E-state index contributed by atoms with van der Waals surface area (Å²) in [6.07, 6.45) is -0.199. The Balaban J connectivity index is 1.75. The number of carboxylic acid groups (broad SMARTS) is 1. The van der Waals surface area contributed by atoms with Crippen molar-refractivity contribution in [3.05, 3.63) is 58.9 Å². The fourth-order valence-electron chi connectivity index (χ4n) is 3.59. The molecule has 5 rings (SSSR count). The van der Waals surface area contributed by atoms with Gasteiger partial charge < -0.3 is 14.6 Å². The number of hydrogen-bond donors (Lipinski definition) is 1. The van der Waals surface area contributed by atoms with E-state index < -0.39 is 5.97 Å². The summed E-state index contributed by atoms with van der Waals surface area (Å²) in [5.74, 6) is -0.0227. The van der Waals surface area contributed by atoms with E-state index in [9.17, 15) is 14.3 Å². The average molecular weight is 410 g/mol. The van der Waals surface area contributed by atoms with Gasteiger partial charge in [-0.05, 0) is 55.0 Å². The van der Waals surface area contributed by atoms with Crippen molar-refractivity contribution >= 4 is 22.3 Å². The maximum Gasteiger partial charge on any atom is 0.309 e. The second-order valence-corrected chi connectivity index (χ2v) is 7.86. The molecule has 0 aliphatic carbocycles. The Labute approximate surface area is 168 Å². The van der Waals surface area contributed by atoms with Crippen molar-refractivity contribution in [2.45, 2.75) is 13.3 Å². The molecule has 3 heterocycles. The van der Waals surface area contributed by atoms with Crippen LogP contribution in [0, 0.1) is 12.7 Å². The lowest BCUT2D eigenvalue weighted by Gasteiger charge is -2.08. The average Bonchev–Trinajstić information content (AvgIpc) is 3.36. The SMILES string of the molecule is Cc1sc2nc(-c3ccc4c(c3)OCO4)c(CC(=O)O)n2c1-c1ccc(F)cc1. The molecule has 29 heavy (non-hydrogen) atoms. The van der Waals surface area contributed by atoms with Crippen molar-refractivity contribution < 1.29 is 23.8 Å². The van der Waals surface area contributed by atoms with Gasteiger partial charge in [-0.3, -0.25) is 9.20 Å². The van der Waals surface area contributed by atoms with E-state index in [-0.39, 0.29) is 19.0 Å². The molecule has 0 saturated heterocycles. The zero-order valence-electron chi connectivity index (χ0n) is 15.3. The molecule has 1 N–H and O–H groups in total. The van der Waals surface area contributed by atoms with E-state index >= 15 is 0 Å².